The van der Waals surface area contributed by atoms with Gasteiger partial charge in [-0.2, -0.15) is 10.4 Å². The standard InChI is InChI=1S/C17H17BrN4O/c1-11-12(2)20-21-17(15(11)9-19)22-7-8-23-16(10-22)13-3-5-14(18)6-4-13/h3-6,16H,7-8,10H2,1-2H3. The summed E-state index contributed by atoms with van der Waals surface area (Å²) in [6, 6.07) is 10.4. The van der Waals surface area contributed by atoms with Crippen LogP contribution in [0.4, 0.5) is 5.82 Å². The van der Waals surface area contributed by atoms with Crippen molar-refractivity contribution < 1.29 is 4.74 Å². The minimum absolute atomic E-state index is 0.0354. The van der Waals surface area contributed by atoms with E-state index in [1.807, 2.05) is 26.0 Å². The van der Waals surface area contributed by atoms with Gasteiger partial charge in [0.1, 0.15) is 17.7 Å². The fourth-order valence-corrected chi connectivity index (χ4v) is 2.94. The van der Waals surface area contributed by atoms with E-state index in [-0.39, 0.29) is 6.10 Å². The van der Waals surface area contributed by atoms with Crippen molar-refractivity contribution in [1.82, 2.24) is 10.2 Å². The number of hydrogen-bond donors (Lipinski definition) is 0. The largest absolute Gasteiger partial charge is 0.370 e. The maximum Gasteiger partial charge on any atom is 0.169 e. The highest BCUT2D eigenvalue weighted by atomic mass is 79.9. The molecular weight excluding hydrogens is 356 g/mol. The van der Waals surface area contributed by atoms with Crippen molar-refractivity contribution in [3.05, 3.63) is 51.1 Å². The molecule has 3 rings (SSSR count). The van der Waals surface area contributed by atoms with Gasteiger partial charge in [-0.25, -0.2) is 0 Å². The van der Waals surface area contributed by atoms with Gasteiger partial charge in [0.15, 0.2) is 5.82 Å². The molecule has 0 saturated carbocycles. The summed E-state index contributed by atoms with van der Waals surface area (Å²) in [5.74, 6) is 0.654. The summed E-state index contributed by atoms with van der Waals surface area (Å²) in [5.41, 5.74) is 3.41. The highest BCUT2D eigenvalue weighted by Gasteiger charge is 2.26. The first kappa shape index (κ1) is 15.9. The van der Waals surface area contributed by atoms with Crippen molar-refractivity contribution in [1.29, 1.82) is 5.26 Å². The van der Waals surface area contributed by atoms with Gasteiger partial charge in [-0.3, -0.25) is 0 Å². The fourth-order valence-electron chi connectivity index (χ4n) is 2.67. The predicted molar refractivity (Wildman–Crippen MR) is 91.3 cm³/mol. The van der Waals surface area contributed by atoms with Crippen molar-refractivity contribution in [2.24, 2.45) is 0 Å². The number of anilines is 1. The molecule has 1 aromatic carbocycles. The quantitative estimate of drug-likeness (QED) is 0.808. The minimum Gasteiger partial charge on any atom is -0.370 e. The van der Waals surface area contributed by atoms with E-state index in [0.29, 0.717) is 31.1 Å². The lowest BCUT2D eigenvalue weighted by molar-refractivity contribution is 0.0394. The second-order valence-corrected chi connectivity index (χ2v) is 6.49. The Bertz CT molecular complexity index is 754. The van der Waals surface area contributed by atoms with Crippen LogP contribution in [0, 0.1) is 25.2 Å². The number of rotatable bonds is 2. The summed E-state index contributed by atoms with van der Waals surface area (Å²) in [4.78, 5) is 2.09. The zero-order valence-electron chi connectivity index (χ0n) is 13.1. The average Bonchev–Trinajstić information content (AvgIpc) is 2.58. The lowest BCUT2D eigenvalue weighted by Crippen LogP contribution is -2.39. The van der Waals surface area contributed by atoms with Gasteiger partial charge in [-0.1, -0.05) is 28.1 Å². The molecule has 1 atom stereocenters. The topological polar surface area (TPSA) is 62.0 Å². The van der Waals surface area contributed by atoms with E-state index in [1.165, 1.54) is 0 Å². The van der Waals surface area contributed by atoms with Crippen LogP contribution >= 0.6 is 15.9 Å². The highest BCUT2D eigenvalue weighted by molar-refractivity contribution is 9.10. The molecule has 1 aliphatic heterocycles. The molecule has 0 spiro atoms. The van der Waals surface area contributed by atoms with Crippen molar-refractivity contribution in [3.63, 3.8) is 0 Å². The van der Waals surface area contributed by atoms with E-state index in [2.05, 4.69) is 49.2 Å². The number of nitrogens with zero attached hydrogens (tertiary/aromatic N) is 4. The first-order chi connectivity index (χ1) is 11.1. The molecule has 2 aromatic rings. The third-order valence-electron chi connectivity index (χ3n) is 4.16. The first-order valence-electron chi connectivity index (χ1n) is 7.46. The molecule has 5 nitrogen and oxygen atoms in total. The van der Waals surface area contributed by atoms with E-state index in [9.17, 15) is 5.26 Å². The molecule has 2 heterocycles. The Labute approximate surface area is 144 Å². The smallest absolute Gasteiger partial charge is 0.169 e. The molecule has 0 amide bonds. The van der Waals surface area contributed by atoms with E-state index in [1.54, 1.807) is 0 Å². The Balaban J connectivity index is 1.89. The minimum atomic E-state index is -0.0354. The van der Waals surface area contributed by atoms with E-state index >= 15 is 0 Å². The van der Waals surface area contributed by atoms with E-state index < -0.39 is 0 Å². The van der Waals surface area contributed by atoms with Gasteiger partial charge in [0, 0.05) is 17.6 Å². The van der Waals surface area contributed by atoms with Crippen molar-refractivity contribution in [2.45, 2.75) is 20.0 Å². The summed E-state index contributed by atoms with van der Waals surface area (Å²) in [5, 5.41) is 17.9. The monoisotopic (exact) mass is 372 g/mol. The maximum atomic E-state index is 9.49. The fraction of sp³-hybridized carbons (Fsp3) is 0.353. The number of halogens is 1. The number of hydrogen-bond acceptors (Lipinski definition) is 5. The zero-order chi connectivity index (χ0) is 16.4. The Morgan fingerprint density at radius 3 is 2.70 bits per heavy atom. The molecule has 1 aliphatic rings. The first-order valence-corrected chi connectivity index (χ1v) is 8.25. The van der Waals surface area contributed by atoms with E-state index in [0.717, 1.165) is 21.3 Å². The van der Waals surface area contributed by atoms with Crippen molar-refractivity contribution >= 4 is 21.7 Å². The average molecular weight is 373 g/mol. The van der Waals surface area contributed by atoms with Crippen LogP contribution in [0.2, 0.25) is 0 Å². The Morgan fingerprint density at radius 2 is 2.00 bits per heavy atom. The third kappa shape index (κ3) is 3.21. The van der Waals surface area contributed by atoms with Gasteiger partial charge in [0.05, 0.1) is 12.3 Å². The number of nitriles is 1. The van der Waals surface area contributed by atoms with Gasteiger partial charge in [0.2, 0.25) is 0 Å². The lowest BCUT2D eigenvalue weighted by atomic mass is 10.1. The molecule has 1 fully saturated rings. The van der Waals surface area contributed by atoms with Crippen LogP contribution < -0.4 is 4.90 Å². The summed E-state index contributed by atoms with van der Waals surface area (Å²) < 4.78 is 6.94. The number of aromatic nitrogens is 2. The second-order valence-electron chi connectivity index (χ2n) is 5.58. The maximum absolute atomic E-state index is 9.49. The van der Waals surface area contributed by atoms with Crippen LogP contribution in [0.25, 0.3) is 0 Å². The molecule has 1 saturated heterocycles. The van der Waals surface area contributed by atoms with Crippen molar-refractivity contribution in [2.75, 3.05) is 24.6 Å². The SMILES string of the molecule is Cc1nnc(N2CCOC(c3ccc(Br)cc3)C2)c(C#N)c1C. The number of ether oxygens (including phenoxy) is 1. The van der Waals surface area contributed by atoms with E-state index in [4.69, 9.17) is 4.74 Å². The van der Waals surface area contributed by atoms with Gasteiger partial charge in [0.25, 0.3) is 0 Å². The molecule has 0 aliphatic carbocycles. The second kappa shape index (κ2) is 6.65. The molecule has 0 bridgehead atoms. The van der Waals surface area contributed by atoms with Gasteiger partial charge >= 0.3 is 0 Å². The molecule has 118 valence electrons. The number of morpholine rings is 1. The normalized spacial score (nSPS) is 17.8. The van der Waals surface area contributed by atoms with Crippen LogP contribution in [-0.2, 0) is 4.74 Å². The molecule has 1 unspecified atom stereocenters. The predicted octanol–water partition coefficient (Wildman–Crippen LogP) is 3.31. The number of aryl methyl sites for hydroxylation is 1. The summed E-state index contributed by atoms with van der Waals surface area (Å²) in [6.07, 6.45) is -0.0354. The molecular formula is C17H17BrN4O. The molecule has 1 aromatic heterocycles. The zero-order valence-corrected chi connectivity index (χ0v) is 14.7. The van der Waals surface area contributed by atoms with Gasteiger partial charge < -0.3 is 9.64 Å². The molecule has 23 heavy (non-hydrogen) atoms. The van der Waals surface area contributed by atoms with Crippen LogP contribution in [0.5, 0.6) is 0 Å². The number of benzene rings is 1. The van der Waals surface area contributed by atoms with Crippen LogP contribution in [0.15, 0.2) is 28.7 Å². The highest BCUT2D eigenvalue weighted by Crippen LogP contribution is 2.28. The summed E-state index contributed by atoms with van der Waals surface area (Å²) >= 11 is 3.45. The van der Waals surface area contributed by atoms with Crippen LogP contribution in [0.1, 0.15) is 28.5 Å². The van der Waals surface area contributed by atoms with Crippen LogP contribution in [0.3, 0.4) is 0 Å². The lowest BCUT2D eigenvalue weighted by Gasteiger charge is -2.34. The van der Waals surface area contributed by atoms with Gasteiger partial charge in [-0.15, -0.1) is 5.10 Å². The Hall–Kier alpha value is -1.97. The molecule has 0 N–H and O–H groups in total. The van der Waals surface area contributed by atoms with Crippen LogP contribution in [-0.4, -0.2) is 29.9 Å². The molecule has 0 radical (unpaired) electrons. The summed E-state index contributed by atoms with van der Waals surface area (Å²) in [7, 11) is 0. The van der Waals surface area contributed by atoms with Gasteiger partial charge in [-0.05, 0) is 37.1 Å². The Kier molecular flexibility index (Phi) is 4.60. The van der Waals surface area contributed by atoms with Crippen molar-refractivity contribution in [3.8, 4) is 6.07 Å². The Morgan fingerprint density at radius 1 is 1.26 bits per heavy atom. The third-order valence-corrected chi connectivity index (χ3v) is 4.68. The summed E-state index contributed by atoms with van der Waals surface area (Å²) in [6.45, 7) is 5.75. The molecule has 6 heteroatoms.